The zero-order valence-corrected chi connectivity index (χ0v) is 16.6. The van der Waals surface area contributed by atoms with Crippen molar-refractivity contribution < 1.29 is 23.1 Å². The second kappa shape index (κ2) is 8.13. The quantitative estimate of drug-likeness (QED) is 0.510. The number of nitrogens with one attached hydrogen (secondary N) is 4. The van der Waals surface area contributed by atoms with Crippen LogP contribution in [0.5, 0.6) is 0 Å². The molecular weight excluding hydrogens is 372 g/mol. The smallest absolute Gasteiger partial charge is 0.332 e. The Labute approximate surface area is 159 Å². The normalized spacial score (nSPS) is 20.2. The molecule has 2 atom stereocenters. The number of urea groups is 2. The van der Waals surface area contributed by atoms with Crippen LogP contribution in [0.4, 0.5) is 15.3 Å². The van der Waals surface area contributed by atoms with Gasteiger partial charge in [-0.05, 0) is 23.0 Å². The summed E-state index contributed by atoms with van der Waals surface area (Å²) in [5, 5.41) is 15.4. The first-order valence-electron chi connectivity index (χ1n) is 8.70. The molecule has 1 aromatic carbocycles. The summed E-state index contributed by atoms with van der Waals surface area (Å²) in [6.07, 6.45) is -1.61. The highest BCUT2D eigenvalue weighted by Crippen LogP contribution is 2.32. The first-order valence-corrected chi connectivity index (χ1v) is 10.3. The molecule has 2 rings (SSSR count). The summed E-state index contributed by atoms with van der Waals surface area (Å²) < 4.78 is 26.8. The third-order valence-electron chi connectivity index (χ3n) is 4.34. The van der Waals surface area contributed by atoms with E-state index in [1.54, 1.807) is 0 Å². The number of hydrogen-bond acceptors (Lipinski definition) is 5. The van der Waals surface area contributed by atoms with Gasteiger partial charge in [-0.25, -0.2) is 22.7 Å². The first kappa shape index (κ1) is 21.0. The molecular formula is C17H26N4O5S. The molecule has 0 saturated carbocycles. The van der Waals surface area contributed by atoms with E-state index in [1.165, 1.54) is 0 Å². The van der Waals surface area contributed by atoms with Crippen LogP contribution in [0.25, 0.3) is 0 Å². The Morgan fingerprint density at radius 2 is 1.74 bits per heavy atom. The van der Waals surface area contributed by atoms with E-state index in [2.05, 4.69) is 16.0 Å². The predicted octanol–water partition coefficient (Wildman–Crippen LogP) is 1.38. The number of rotatable bonds is 5. The summed E-state index contributed by atoms with van der Waals surface area (Å²) in [5.41, 5.74) is 2.35. The summed E-state index contributed by atoms with van der Waals surface area (Å²) in [6, 6.07) is 4.06. The molecule has 0 aromatic heterocycles. The van der Waals surface area contributed by atoms with E-state index in [0.717, 1.165) is 11.1 Å². The lowest BCUT2D eigenvalue weighted by atomic mass is 9.93. The monoisotopic (exact) mass is 398 g/mol. The molecule has 1 fully saturated rings. The van der Waals surface area contributed by atoms with Crippen LogP contribution < -0.4 is 20.7 Å². The molecule has 1 heterocycles. The fourth-order valence-corrected chi connectivity index (χ4v) is 4.07. The molecule has 1 aliphatic heterocycles. The van der Waals surface area contributed by atoms with Gasteiger partial charge in [0.25, 0.3) is 0 Å². The van der Waals surface area contributed by atoms with Crippen LogP contribution >= 0.6 is 0 Å². The summed E-state index contributed by atoms with van der Waals surface area (Å²) in [4.78, 5) is 23.5. The lowest BCUT2D eigenvalue weighted by Crippen LogP contribution is -2.62. The largest absolute Gasteiger partial charge is 0.372 e. The van der Waals surface area contributed by atoms with Gasteiger partial charge in [-0.3, -0.25) is 0 Å². The number of benzene rings is 1. The van der Waals surface area contributed by atoms with E-state index in [9.17, 15) is 23.1 Å². The highest BCUT2D eigenvalue weighted by molar-refractivity contribution is 7.90. The summed E-state index contributed by atoms with van der Waals surface area (Å²) >= 11 is 0. The Morgan fingerprint density at radius 3 is 2.22 bits per heavy atom. The van der Waals surface area contributed by atoms with Gasteiger partial charge in [0.1, 0.15) is 11.5 Å². The van der Waals surface area contributed by atoms with Gasteiger partial charge in [0.05, 0.1) is 0 Å². The van der Waals surface area contributed by atoms with Crippen molar-refractivity contribution in [3.8, 4) is 0 Å². The zero-order valence-electron chi connectivity index (χ0n) is 15.7. The van der Waals surface area contributed by atoms with Crippen LogP contribution in [-0.2, 0) is 10.0 Å². The number of amides is 4. The molecule has 150 valence electrons. The van der Waals surface area contributed by atoms with E-state index in [0.29, 0.717) is 5.69 Å². The topological polar surface area (TPSA) is 137 Å². The third kappa shape index (κ3) is 4.89. The molecule has 0 spiro atoms. The number of aliphatic hydroxyl groups excluding tert-OH is 1. The minimum absolute atomic E-state index is 0.121. The number of para-hydroxylation sites is 1. The lowest BCUT2D eigenvalue weighted by molar-refractivity contribution is 0.122. The lowest BCUT2D eigenvalue weighted by Gasteiger charge is -2.28. The van der Waals surface area contributed by atoms with Gasteiger partial charge in [0.15, 0.2) is 0 Å². The molecule has 1 aliphatic rings. The van der Waals surface area contributed by atoms with Crippen molar-refractivity contribution in [2.24, 2.45) is 0 Å². The van der Waals surface area contributed by atoms with Crippen molar-refractivity contribution in [3.05, 3.63) is 29.3 Å². The summed E-state index contributed by atoms with van der Waals surface area (Å²) in [6.45, 7) is 7.60. The molecule has 0 aliphatic carbocycles. The minimum atomic E-state index is -4.23. The van der Waals surface area contributed by atoms with Gasteiger partial charge < -0.3 is 21.1 Å². The molecule has 0 radical (unpaired) electrons. The van der Waals surface area contributed by atoms with Crippen molar-refractivity contribution in [1.82, 2.24) is 15.4 Å². The maximum absolute atomic E-state index is 12.4. The van der Waals surface area contributed by atoms with Crippen molar-refractivity contribution >= 4 is 27.8 Å². The number of carbonyl (C=O) groups is 2. The second-order valence-corrected chi connectivity index (χ2v) is 8.96. The predicted molar refractivity (Wildman–Crippen MR) is 102 cm³/mol. The zero-order chi connectivity index (χ0) is 20.4. The molecule has 2 unspecified atom stereocenters. The van der Waals surface area contributed by atoms with Gasteiger partial charge in [0.2, 0.25) is 10.0 Å². The van der Waals surface area contributed by atoms with Crippen molar-refractivity contribution in [2.45, 2.75) is 51.0 Å². The van der Waals surface area contributed by atoms with Gasteiger partial charge in [-0.2, -0.15) is 0 Å². The molecule has 1 saturated heterocycles. The molecule has 5 N–H and O–H groups in total. The van der Waals surface area contributed by atoms with E-state index in [-0.39, 0.29) is 18.4 Å². The molecule has 4 amide bonds. The van der Waals surface area contributed by atoms with E-state index in [4.69, 9.17) is 0 Å². The number of hydrogen-bond donors (Lipinski definition) is 5. The SMILES string of the molecule is CC(C)c1cccc(C(C)C)c1NC(=O)NS(=O)(=O)C1CNC(=O)NC1O. The van der Waals surface area contributed by atoms with E-state index >= 15 is 0 Å². The summed E-state index contributed by atoms with van der Waals surface area (Å²) in [7, 11) is -4.23. The van der Waals surface area contributed by atoms with E-state index in [1.807, 2.05) is 50.6 Å². The molecule has 10 heteroatoms. The van der Waals surface area contributed by atoms with Crippen molar-refractivity contribution in [3.63, 3.8) is 0 Å². The number of sulfonamides is 1. The van der Waals surface area contributed by atoms with Crippen LogP contribution in [0.3, 0.4) is 0 Å². The maximum atomic E-state index is 12.4. The van der Waals surface area contributed by atoms with Crippen LogP contribution in [0.2, 0.25) is 0 Å². The standard InChI is InChI=1S/C17H26N4O5S/c1-9(2)11-6-5-7-12(10(3)4)14(11)19-17(24)21-27(25,26)13-8-18-16(23)20-15(13)22/h5-7,9-10,13,15,22H,8H2,1-4H3,(H2,18,20,23)(H2,19,21,24). The second-order valence-electron chi connectivity index (χ2n) is 7.06. The fourth-order valence-electron chi connectivity index (χ4n) is 2.90. The van der Waals surface area contributed by atoms with Gasteiger partial charge in [0, 0.05) is 12.2 Å². The van der Waals surface area contributed by atoms with Gasteiger partial charge >= 0.3 is 12.1 Å². The van der Waals surface area contributed by atoms with Crippen LogP contribution in [-0.4, -0.2) is 43.6 Å². The molecule has 27 heavy (non-hydrogen) atoms. The highest BCUT2D eigenvalue weighted by atomic mass is 32.2. The Hall–Kier alpha value is -2.33. The average molecular weight is 398 g/mol. The van der Waals surface area contributed by atoms with Crippen molar-refractivity contribution in [1.29, 1.82) is 0 Å². The molecule has 0 bridgehead atoms. The van der Waals surface area contributed by atoms with E-state index < -0.39 is 33.6 Å². The number of anilines is 1. The van der Waals surface area contributed by atoms with Gasteiger partial charge in [-0.1, -0.05) is 45.9 Å². The fraction of sp³-hybridized carbons (Fsp3) is 0.529. The Kier molecular flexibility index (Phi) is 6.32. The summed E-state index contributed by atoms with van der Waals surface area (Å²) in [5.74, 6) is 0.241. The van der Waals surface area contributed by atoms with Crippen LogP contribution in [0, 0.1) is 0 Å². The maximum Gasteiger partial charge on any atom is 0.332 e. The van der Waals surface area contributed by atoms with Crippen LogP contribution in [0.15, 0.2) is 18.2 Å². The Bertz CT molecular complexity index is 796. The third-order valence-corrected chi connectivity index (χ3v) is 6.03. The molecule has 1 aromatic rings. The average Bonchev–Trinajstić information content (AvgIpc) is 2.53. The van der Waals surface area contributed by atoms with Crippen molar-refractivity contribution in [2.75, 3.05) is 11.9 Å². The van der Waals surface area contributed by atoms with Gasteiger partial charge in [-0.15, -0.1) is 0 Å². The Balaban J connectivity index is 2.22. The number of aliphatic hydroxyl groups is 1. The Morgan fingerprint density at radius 1 is 1.19 bits per heavy atom. The molecule has 9 nitrogen and oxygen atoms in total. The highest BCUT2D eigenvalue weighted by Gasteiger charge is 2.38. The first-order chi connectivity index (χ1) is 12.5. The number of carbonyl (C=O) groups excluding carboxylic acids is 2. The minimum Gasteiger partial charge on any atom is -0.372 e. The van der Waals surface area contributed by atoms with Crippen LogP contribution in [0.1, 0.15) is 50.7 Å².